The molecule has 0 atom stereocenters. The van der Waals surface area contributed by atoms with E-state index < -0.39 is 34.5 Å². The van der Waals surface area contributed by atoms with E-state index in [4.69, 9.17) is 0 Å². The smallest absolute Gasteiger partial charge is 0.343 e. The van der Waals surface area contributed by atoms with Crippen molar-refractivity contribution in [3.8, 4) is 0 Å². The SMILES string of the molecule is Cc1cc(F)ccc1S(=O)(=O)Nc1ccc(C(=O)NCC(F)(F)F)cc1. The maximum atomic E-state index is 13.1. The van der Waals surface area contributed by atoms with Crippen LogP contribution in [0.4, 0.5) is 23.2 Å². The minimum absolute atomic E-state index is 0.0600. The van der Waals surface area contributed by atoms with Crippen molar-refractivity contribution in [2.24, 2.45) is 0 Å². The molecule has 0 aliphatic rings. The second-order valence-electron chi connectivity index (χ2n) is 5.39. The third kappa shape index (κ3) is 5.19. The second-order valence-corrected chi connectivity index (χ2v) is 7.04. The van der Waals surface area contributed by atoms with Crippen LogP contribution in [0.25, 0.3) is 0 Å². The lowest BCUT2D eigenvalue weighted by Crippen LogP contribution is -2.33. The van der Waals surface area contributed by atoms with Gasteiger partial charge in [0.2, 0.25) is 0 Å². The first-order valence-electron chi connectivity index (χ1n) is 7.22. The van der Waals surface area contributed by atoms with Crippen LogP contribution in [0.3, 0.4) is 0 Å². The zero-order valence-corrected chi connectivity index (χ0v) is 14.2. The number of carbonyl (C=O) groups is 1. The molecule has 0 heterocycles. The molecule has 2 aromatic carbocycles. The van der Waals surface area contributed by atoms with Crippen LogP contribution in [0, 0.1) is 12.7 Å². The van der Waals surface area contributed by atoms with Crippen LogP contribution in [-0.4, -0.2) is 27.0 Å². The molecule has 0 saturated heterocycles. The van der Waals surface area contributed by atoms with Crippen molar-refractivity contribution in [2.45, 2.75) is 18.0 Å². The Balaban J connectivity index is 2.12. The summed E-state index contributed by atoms with van der Waals surface area (Å²) >= 11 is 0. The van der Waals surface area contributed by atoms with E-state index in [9.17, 15) is 30.8 Å². The Morgan fingerprint density at radius 1 is 1.08 bits per heavy atom. The summed E-state index contributed by atoms with van der Waals surface area (Å²) in [6.07, 6.45) is -4.53. The summed E-state index contributed by atoms with van der Waals surface area (Å²) in [5.41, 5.74) is 0.247. The van der Waals surface area contributed by atoms with E-state index in [0.717, 1.165) is 18.2 Å². The zero-order valence-electron chi connectivity index (χ0n) is 13.4. The summed E-state index contributed by atoms with van der Waals surface area (Å²) in [4.78, 5) is 11.5. The molecule has 26 heavy (non-hydrogen) atoms. The van der Waals surface area contributed by atoms with Crippen molar-refractivity contribution in [1.82, 2.24) is 5.32 Å². The number of carbonyl (C=O) groups excluding carboxylic acids is 1. The molecule has 0 bridgehead atoms. The number of benzene rings is 2. The minimum atomic E-state index is -4.53. The lowest BCUT2D eigenvalue weighted by atomic mass is 10.2. The zero-order chi connectivity index (χ0) is 19.5. The molecule has 2 rings (SSSR count). The van der Waals surface area contributed by atoms with Crippen LogP contribution in [0.1, 0.15) is 15.9 Å². The van der Waals surface area contributed by atoms with Crippen LogP contribution < -0.4 is 10.0 Å². The van der Waals surface area contributed by atoms with E-state index in [0.29, 0.717) is 0 Å². The van der Waals surface area contributed by atoms with E-state index in [1.165, 1.54) is 31.2 Å². The number of sulfonamides is 1. The molecule has 0 fully saturated rings. The number of hydrogen-bond acceptors (Lipinski definition) is 3. The Bertz CT molecular complexity index is 910. The van der Waals surface area contributed by atoms with Gasteiger partial charge in [0, 0.05) is 11.3 Å². The van der Waals surface area contributed by atoms with E-state index in [1.54, 1.807) is 5.32 Å². The van der Waals surface area contributed by atoms with Crippen LogP contribution in [0.2, 0.25) is 0 Å². The summed E-state index contributed by atoms with van der Waals surface area (Å²) in [5.74, 6) is -1.51. The van der Waals surface area contributed by atoms with Gasteiger partial charge in [-0.25, -0.2) is 12.8 Å². The summed E-state index contributed by atoms with van der Waals surface area (Å²) < 4.78 is 76.3. The number of halogens is 4. The number of anilines is 1. The Labute approximate surface area is 147 Å². The largest absolute Gasteiger partial charge is 0.405 e. The van der Waals surface area contributed by atoms with Crippen molar-refractivity contribution in [3.63, 3.8) is 0 Å². The number of amides is 1. The van der Waals surface area contributed by atoms with Crippen LogP contribution in [0.15, 0.2) is 47.4 Å². The Morgan fingerprint density at radius 2 is 1.69 bits per heavy atom. The van der Waals surface area contributed by atoms with Gasteiger partial charge in [0.05, 0.1) is 4.90 Å². The predicted octanol–water partition coefficient (Wildman–Crippen LogP) is 3.23. The molecular formula is C16H14F4N2O3S. The highest BCUT2D eigenvalue weighted by atomic mass is 32.2. The van der Waals surface area contributed by atoms with E-state index >= 15 is 0 Å². The first-order chi connectivity index (χ1) is 12.0. The third-order valence-electron chi connectivity index (χ3n) is 3.28. The Hall–Kier alpha value is -2.62. The molecule has 10 heteroatoms. The summed E-state index contributed by atoms with van der Waals surface area (Å²) in [7, 11) is -3.99. The molecule has 0 aliphatic heterocycles. The molecule has 140 valence electrons. The lowest BCUT2D eigenvalue weighted by molar-refractivity contribution is -0.123. The molecule has 0 unspecified atom stereocenters. The fourth-order valence-electron chi connectivity index (χ4n) is 2.10. The van der Waals surface area contributed by atoms with Crippen molar-refractivity contribution in [2.75, 3.05) is 11.3 Å². The van der Waals surface area contributed by atoms with E-state index in [2.05, 4.69) is 4.72 Å². The van der Waals surface area contributed by atoms with Crippen molar-refractivity contribution >= 4 is 21.6 Å². The molecule has 0 aliphatic carbocycles. The third-order valence-corrected chi connectivity index (χ3v) is 4.82. The normalized spacial score (nSPS) is 11.9. The first-order valence-corrected chi connectivity index (χ1v) is 8.70. The number of nitrogens with one attached hydrogen (secondary N) is 2. The average molecular weight is 390 g/mol. The Kier molecular flexibility index (Phi) is 5.55. The van der Waals surface area contributed by atoms with Crippen LogP contribution >= 0.6 is 0 Å². The number of rotatable bonds is 5. The standard InChI is InChI=1S/C16H14F4N2O3S/c1-10-8-12(17)4-7-14(10)26(24,25)22-13-5-2-11(3-6-13)15(23)21-9-16(18,19)20/h2-8,22H,9H2,1H3,(H,21,23). The highest BCUT2D eigenvalue weighted by molar-refractivity contribution is 7.92. The molecule has 0 aromatic heterocycles. The summed E-state index contributed by atoms with van der Waals surface area (Å²) in [6, 6.07) is 8.03. The number of hydrogen-bond donors (Lipinski definition) is 2. The van der Waals surface area contributed by atoms with Crippen molar-refractivity contribution in [3.05, 3.63) is 59.4 Å². The minimum Gasteiger partial charge on any atom is -0.343 e. The number of aryl methyl sites for hydroxylation is 1. The van der Waals surface area contributed by atoms with Gasteiger partial charge < -0.3 is 5.32 Å². The van der Waals surface area contributed by atoms with Gasteiger partial charge >= 0.3 is 6.18 Å². The fraction of sp³-hybridized carbons (Fsp3) is 0.188. The topological polar surface area (TPSA) is 75.3 Å². The van der Waals surface area contributed by atoms with Gasteiger partial charge in [-0.3, -0.25) is 9.52 Å². The van der Waals surface area contributed by atoms with E-state index in [-0.39, 0.29) is 21.7 Å². The van der Waals surface area contributed by atoms with Gasteiger partial charge in [0.25, 0.3) is 15.9 Å². The van der Waals surface area contributed by atoms with Gasteiger partial charge in [-0.2, -0.15) is 13.2 Å². The second kappa shape index (κ2) is 7.32. The average Bonchev–Trinajstić information content (AvgIpc) is 2.52. The van der Waals surface area contributed by atoms with Crippen LogP contribution in [0.5, 0.6) is 0 Å². The molecule has 0 spiro atoms. The highest BCUT2D eigenvalue weighted by Gasteiger charge is 2.27. The monoisotopic (exact) mass is 390 g/mol. The molecule has 5 nitrogen and oxygen atoms in total. The number of alkyl halides is 3. The molecular weight excluding hydrogens is 376 g/mol. The first kappa shape index (κ1) is 19.7. The maximum Gasteiger partial charge on any atom is 0.405 e. The van der Waals surface area contributed by atoms with Gasteiger partial charge in [0.1, 0.15) is 12.4 Å². The molecule has 2 aromatic rings. The fourth-order valence-corrected chi connectivity index (χ4v) is 3.38. The summed E-state index contributed by atoms with van der Waals surface area (Å²) in [5, 5.41) is 1.71. The van der Waals surface area contributed by atoms with Crippen molar-refractivity contribution in [1.29, 1.82) is 0 Å². The van der Waals surface area contributed by atoms with Gasteiger partial charge in [-0.1, -0.05) is 0 Å². The quantitative estimate of drug-likeness (QED) is 0.770. The molecule has 1 amide bonds. The lowest BCUT2D eigenvalue weighted by Gasteiger charge is -2.11. The van der Waals surface area contributed by atoms with Gasteiger partial charge in [-0.15, -0.1) is 0 Å². The molecule has 0 radical (unpaired) electrons. The highest BCUT2D eigenvalue weighted by Crippen LogP contribution is 2.20. The van der Waals surface area contributed by atoms with Crippen molar-refractivity contribution < 1.29 is 30.8 Å². The van der Waals surface area contributed by atoms with Gasteiger partial charge in [-0.05, 0) is 55.0 Å². The summed E-state index contributed by atoms with van der Waals surface area (Å²) in [6.45, 7) is -0.0320. The van der Waals surface area contributed by atoms with E-state index in [1.807, 2.05) is 0 Å². The van der Waals surface area contributed by atoms with Crippen LogP contribution in [-0.2, 0) is 10.0 Å². The maximum absolute atomic E-state index is 13.1. The predicted molar refractivity (Wildman–Crippen MR) is 86.8 cm³/mol. The molecule has 0 saturated carbocycles. The van der Waals surface area contributed by atoms with Gasteiger partial charge in [0.15, 0.2) is 0 Å². The Morgan fingerprint density at radius 3 is 2.23 bits per heavy atom. The molecule has 2 N–H and O–H groups in total.